The van der Waals surface area contributed by atoms with E-state index < -0.39 is 29.8 Å². The number of alkyl halides is 1. The first kappa shape index (κ1) is 33.0. The molecule has 3 fully saturated rings. The number of nitrogens with one attached hydrogen (secondary N) is 1. The molecular weight excluding hydrogens is 676 g/mol. The summed E-state index contributed by atoms with van der Waals surface area (Å²) in [5, 5.41) is 8.36. The molecule has 4 atom stereocenters. The van der Waals surface area contributed by atoms with Gasteiger partial charge in [0.05, 0.1) is 49.0 Å². The molecule has 0 saturated carbocycles. The number of H-pyrrole nitrogens is 1. The number of carbonyl (C=O) groups is 2. The molecule has 4 aromatic rings. The van der Waals surface area contributed by atoms with E-state index in [1.54, 1.807) is 19.2 Å². The average molecular weight is 712 g/mol. The van der Waals surface area contributed by atoms with Gasteiger partial charge in [-0.25, -0.2) is 13.6 Å². The number of benzene rings is 1. The summed E-state index contributed by atoms with van der Waals surface area (Å²) in [6, 6.07) is 1.55. The highest BCUT2D eigenvalue weighted by Gasteiger charge is 2.53. The molecule has 0 unspecified atom stereocenters. The number of nitrogens with zero attached hydrogens (tertiary/aromatic N) is 6. The molecule has 9 rings (SSSR count). The van der Waals surface area contributed by atoms with Crippen LogP contribution >= 0.6 is 11.6 Å². The normalized spacial score (nSPS) is 25.8. The standard InChI is InChI=1S/C34H36ClF2N7O6/c1-18(45)9-20-4-5-34(11-19(36)14-44(20)34)17-49-32-40-29-24-12-38-30(28(29)37)27-22(25(35)10-26-23(27)13-39-42-26)3-2-7-48-33(46)50-21-15-43(31(24)41-32)6-8-47-16-21/h10,12-13,19-21H,2-9,11,14-17H2,1H3,(H,39,42)/t19-,20-,21+,34+/m1/s1. The molecule has 0 amide bonds. The molecule has 3 saturated heterocycles. The van der Waals surface area contributed by atoms with Crippen LogP contribution in [0.15, 0.2) is 18.5 Å². The predicted octanol–water partition coefficient (Wildman–Crippen LogP) is 4.97. The lowest BCUT2D eigenvalue weighted by molar-refractivity contribution is -0.118. The molecule has 1 N–H and O–H groups in total. The van der Waals surface area contributed by atoms with Gasteiger partial charge in [-0.2, -0.15) is 15.1 Å². The van der Waals surface area contributed by atoms with E-state index in [1.807, 2.05) is 4.90 Å². The van der Waals surface area contributed by atoms with Gasteiger partial charge in [-0.05, 0) is 44.2 Å². The van der Waals surface area contributed by atoms with Gasteiger partial charge in [-0.3, -0.25) is 19.8 Å². The summed E-state index contributed by atoms with van der Waals surface area (Å²) in [7, 11) is 0. The Morgan fingerprint density at radius 1 is 1.22 bits per heavy atom. The first-order valence-electron chi connectivity index (χ1n) is 16.9. The van der Waals surface area contributed by atoms with Gasteiger partial charge in [0.25, 0.3) is 0 Å². The van der Waals surface area contributed by atoms with E-state index in [1.165, 1.54) is 6.20 Å². The predicted molar refractivity (Wildman–Crippen MR) is 178 cm³/mol. The molecule has 0 aliphatic carbocycles. The molecule has 5 aliphatic heterocycles. The number of aromatic nitrogens is 5. The van der Waals surface area contributed by atoms with Gasteiger partial charge in [0.2, 0.25) is 0 Å². The Morgan fingerprint density at radius 3 is 2.96 bits per heavy atom. The van der Waals surface area contributed by atoms with Crippen LogP contribution in [-0.2, 0) is 25.4 Å². The largest absolute Gasteiger partial charge is 0.508 e. The van der Waals surface area contributed by atoms with Gasteiger partial charge < -0.3 is 23.8 Å². The van der Waals surface area contributed by atoms with Crippen LogP contribution < -0.4 is 9.64 Å². The van der Waals surface area contributed by atoms with E-state index in [2.05, 4.69) is 25.1 Å². The van der Waals surface area contributed by atoms with Crippen LogP contribution in [-0.4, -0.2) is 112 Å². The van der Waals surface area contributed by atoms with Crippen molar-refractivity contribution in [2.24, 2.45) is 0 Å². The van der Waals surface area contributed by atoms with E-state index in [4.69, 9.17) is 35.5 Å². The first-order chi connectivity index (χ1) is 24.2. The third-order valence-electron chi connectivity index (χ3n) is 10.2. The molecule has 0 radical (unpaired) electrons. The highest BCUT2D eigenvalue weighted by Crippen LogP contribution is 2.45. The van der Waals surface area contributed by atoms with Crippen LogP contribution in [0.4, 0.5) is 19.4 Å². The number of rotatable bonds is 5. The topological polar surface area (TPSA) is 145 Å². The van der Waals surface area contributed by atoms with E-state index in [9.17, 15) is 14.0 Å². The molecule has 13 nitrogen and oxygen atoms in total. The third kappa shape index (κ3) is 5.98. The minimum absolute atomic E-state index is 0.0187. The van der Waals surface area contributed by atoms with E-state index in [0.29, 0.717) is 70.5 Å². The van der Waals surface area contributed by atoms with Gasteiger partial charge in [0.15, 0.2) is 5.82 Å². The van der Waals surface area contributed by atoms with Gasteiger partial charge in [-0.15, -0.1) is 0 Å². The molecule has 8 heterocycles. The van der Waals surface area contributed by atoms with E-state index in [0.717, 1.165) is 6.42 Å². The monoisotopic (exact) mass is 711 g/mol. The molecule has 1 aromatic carbocycles. The lowest BCUT2D eigenvalue weighted by atomic mass is 9.94. The van der Waals surface area contributed by atoms with Crippen LogP contribution in [0.3, 0.4) is 0 Å². The van der Waals surface area contributed by atoms with Crippen molar-refractivity contribution in [3.05, 3.63) is 34.9 Å². The Labute approximate surface area is 290 Å². The van der Waals surface area contributed by atoms with Gasteiger partial charge in [0.1, 0.15) is 41.7 Å². The minimum Gasteiger partial charge on any atom is -0.461 e. The van der Waals surface area contributed by atoms with Crippen molar-refractivity contribution in [2.45, 2.75) is 69.3 Å². The smallest absolute Gasteiger partial charge is 0.461 e. The van der Waals surface area contributed by atoms with Crippen molar-refractivity contribution in [3.63, 3.8) is 0 Å². The van der Waals surface area contributed by atoms with Crippen LogP contribution in [0.1, 0.15) is 44.6 Å². The van der Waals surface area contributed by atoms with Gasteiger partial charge in [-0.1, -0.05) is 11.6 Å². The number of carbonyl (C=O) groups excluding carboxylic acids is 2. The van der Waals surface area contributed by atoms with Crippen molar-refractivity contribution in [1.29, 1.82) is 0 Å². The Bertz CT molecular complexity index is 1980. The van der Waals surface area contributed by atoms with Crippen LogP contribution in [0.25, 0.3) is 33.1 Å². The molecule has 16 heteroatoms. The maximum absolute atomic E-state index is 17.1. The second-order valence-electron chi connectivity index (χ2n) is 13.6. The summed E-state index contributed by atoms with van der Waals surface area (Å²) in [6.07, 6.45) is 3.21. The van der Waals surface area contributed by atoms with E-state index in [-0.39, 0.29) is 75.0 Å². The van der Waals surface area contributed by atoms with Crippen molar-refractivity contribution in [3.8, 4) is 17.3 Å². The fourth-order valence-corrected chi connectivity index (χ4v) is 8.36. The molecule has 0 spiro atoms. The summed E-state index contributed by atoms with van der Waals surface area (Å²) < 4.78 is 55.1. The number of ether oxygens (including phenoxy) is 4. The summed E-state index contributed by atoms with van der Waals surface area (Å²) in [5.74, 6) is -0.339. The average Bonchev–Trinajstić information content (AvgIpc) is 3.70. The maximum Gasteiger partial charge on any atom is 0.508 e. The lowest BCUT2D eigenvalue weighted by Gasteiger charge is -2.34. The zero-order valence-electron chi connectivity index (χ0n) is 27.4. The quantitative estimate of drug-likeness (QED) is 0.279. The second kappa shape index (κ2) is 13.2. The number of pyridine rings is 1. The fraction of sp³-hybridized carbons (Fsp3) is 0.529. The summed E-state index contributed by atoms with van der Waals surface area (Å²) >= 11 is 6.77. The van der Waals surface area contributed by atoms with Crippen molar-refractivity contribution >= 4 is 51.2 Å². The zero-order valence-corrected chi connectivity index (χ0v) is 28.2. The summed E-state index contributed by atoms with van der Waals surface area (Å²) in [5.41, 5.74) is 0.986. The number of Topliss-reactive ketones (excluding diaryl/α,β-unsaturated/α-hetero) is 1. The van der Waals surface area contributed by atoms with Gasteiger partial charge >= 0.3 is 12.2 Å². The lowest BCUT2D eigenvalue weighted by Crippen LogP contribution is -2.47. The SMILES string of the molecule is CC(=O)C[C@H]1CC[C@@]2(COc3nc4c5cnc(c(F)c5n3)-c3c(c(Cl)cc5[nH]ncc35)CCCOC(=O)O[C@@H]3COCCN4C3)C[C@@H](F)CN12. The highest BCUT2D eigenvalue weighted by molar-refractivity contribution is 6.33. The van der Waals surface area contributed by atoms with Crippen molar-refractivity contribution in [2.75, 3.05) is 51.0 Å². The number of halogens is 3. The molecule has 3 aromatic heterocycles. The molecule has 50 heavy (non-hydrogen) atoms. The van der Waals surface area contributed by atoms with E-state index >= 15 is 4.39 Å². The second-order valence-corrected chi connectivity index (χ2v) is 14.0. The van der Waals surface area contributed by atoms with Crippen LogP contribution in [0, 0.1) is 5.82 Å². The van der Waals surface area contributed by atoms with Crippen LogP contribution in [0.5, 0.6) is 6.01 Å². The molecule has 5 aliphatic rings. The number of fused-ring (bicyclic) bond motifs is 8. The Kier molecular flexibility index (Phi) is 8.68. The minimum atomic E-state index is -1.06. The molecular formula is C34H36ClF2N7O6. The number of ketones is 1. The van der Waals surface area contributed by atoms with Crippen LogP contribution in [0.2, 0.25) is 5.02 Å². The number of anilines is 1. The first-order valence-corrected chi connectivity index (χ1v) is 17.3. The number of hydrogen-bond donors (Lipinski definition) is 1. The Morgan fingerprint density at radius 2 is 2.10 bits per heavy atom. The third-order valence-corrected chi connectivity index (χ3v) is 10.6. The zero-order chi connectivity index (χ0) is 34.6. The van der Waals surface area contributed by atoms with Gasteiger partial charge in [0, 0.05) is 54.1 Å². The highest BCUT2D eigenvalue weighted by atomic mass is 35.5. The summed E-state index contributed by atoms with van der Waals surface area (Å²) in [6.45, 7) is 2.79. The number of hydrogen-bond acceptors (Lipinski definition) is 12. The molecule has 6 bridgehead atoms. The Balaban J connectivity index is 1.26. The van der Waals surface area contributed by atoms with Crippen molar-refractivity contribution in [1.82, 2.24) is 30.0 Å². The number of aromatic amines is 1. The maximum atomic E-state index is 17.1. The Hall–Kier alpha value is -4.21. The summed E-state index contributed by atoms with van der Waals surface area (Å²) in [4.78, 5) is 42.6. The van der Waals surface area contributed by atoms with Crippen molar-refractivity contribution < 1.29 is 37.3 Å². The molecule has 264 valence electrons. The fourth-order valence-electron chi connectivity index (χ4n) is 8.07.